The summed E-state index contributed by atoms with van der Waals surface area (Å²) in [5.41, 5.74) is 1.95. The summed E-state index contributed by atoms with van der Waals surface area (Å²) < 4.78 is 0. The number of hydrogen-bond donors (Lipinski definition) is 5. The third-order valence-corrected chi connectivity index (χ3v) is 6.32. The number of carboxylic acids is 4. The zero-order valence-electron chi connectivity index (χ0n) is 22.6. The average molecular weight is 588 g/mol. The molecule has 0 aliphatic carbocycles. The van der Waals surface area contributed by atoms with Crippen LogP contribution in [0, 0.1) is 0 Å². The highest BCUT2D eigenvalue weighted by atomic mass is 32.2. The van der Waals surface area contributed by atoms with Crippen LogP contribution in [0.2, 0.25) is 0 Å². The zero-order chi connectivity index (χ0) is 30.8. The second-order valence-corrected chi connectivity index (χ2v) is 9.07. The van der Waals surface area contributed by atoms with Gasteiger partial charge in [-0.25, -0.2) is 19.2 Å². The molecule has 0 fully saturated rings. The van der Waals surface area contributed by atoms with Gasteiger partial charge < -0.3 is 30.6 Å². The van der Waals surface area contributed by atoms with Crippen molar-refractivity contribution in [3.05, 3.63) is 72.8 Å². The first-order chi connectivity index (χ1) is 19.5. The fourth-order valence-corrected chi connectivity index (χ4v) is 4.37. The normalized spacial score (nSPS) is 11.5. The molecule has 2 aromatic carbocycles. The van der Waals surface area contributed by atoms with Crippen LogP contribution in [0.25, 0.3) is 0 Å². The molecule has 13 heteroatoms. The van der Waals surface area contributed by atoms with E-state index in [-0.39, 0.29) is 5.91 Å². The summed E-state index contributed by atoms with van der Waals surface area (Å²) in [6, 6.07) is 16.2. The molecule has 2 aromatic rings. The van der Waals surface area contributed by atoms with Crippen LogP contribution in [-0.2, 0) is 24.0 Å². The van der Waals surface area contributed by atoms with E-state index in [9.17, 15) is 24.0 Å². The summed E-state index contributed by atoms with van der Waals surface area (Å²) in [6.45, 7) is 8.52. The summed E-state index contributed by atoms with van der Waals surface area (Å²) in [6.07, 6.45) is 2.23. The van der Waals surface area contributed by atoms with Gasteiger partial charge in [-0.15, -0.1) is 0 Å². The number of carbonyl (C=O) groups excluding carboxylic acids is 1. The van der Waals surface area contributed by atoms with Crippen LogP contribution < -0.4 is 10.2 Å². The maximum Gasteiger partial charge on any atom is 0.328 e. The van der Waals surface area contributed by atoms with Crippen LogP contribution in [-0.4, -0.2) is 87.8 Å². The van der Waals surface area contributed by atoms with E-state index >= 15 is 0 Å². The lowest BCUT2D eigenvalue weighted by molar-refractivity contribution is -0.134. The molecule has 5 N–H and O–H groups in total. The number of likely N-dealkylation sites (N-methyl/N-ethyl adjacent to an activating group) is 1. The summed E-state index contributed by atoms with van der Waals surface area (Å²) >= 11 is 1.72. The Balaban J connectivity index is 0.000000433. The first-order valence-electron chi connectivity index (χ1n) is 12.4. The van der Waals surface area contributed by atoms with Crippen LogP contribution in [0.3, 0.4) is 0 Å². The predicted octanol–water partition coefficient (Wildman–Crippen LogP) is 3.17. The van der Waals surface area contributed by atoms with Gasteiger partial charge in [0.1, 0.15) is 0 Å². The van der Waals surface area contributed by atoms with E-state index in [0.29, 0.717) is 30.8 Å². The molecule has 0 saturated carbocycles. The third kappa shape index (κ3) is 13.4. The van der Waals surface area contributed by atoms with Gasteiger partial charge in [-0.2, -0.15) is 0 Å². The number of aliphatic carboxylic acids is 4. The maximum atomic E-state index is 12.9. The Morgan fingerprint density at radius 2 is 1.12 bits per heavy atom. The Morgan fingerprint density at radius 3 is 1.49 bits per heavy atom. The van der Waals surface area contributed by atoms with Gasteiger partial charge in [0.2, 0.25) is 5.91 Å². The Kier molecular flexibility index (Phi) is 15.8. The minimum absolute atomic E-state index is 0.0831. The SMILES string of the molecule is CCN(CC)CCNCC(=O)N1c2ccccc2Sc2ccccc21.O=C(O)/C=C\C(=O)O.O=C(O)/C=C\C(=O)O. The number of anilines is 2. The molecule has 0 atom stereocenters. The summed E-state index contributed by atoms with van der Waals surface area (Å²) in [5, 5.41) is 34.6. The number of carboxylic acid groups (broad SMARTS) is 4. The molecule has 0 aromatic heterocycles. The predicted molar refractivity (Wildman–Crippen MR) is 154 cm³/mol. The molecule has 41 heavy (non-hydrogen) atoms. The first-order valence-corrected chi connectivity index (χ1v) is 13.2. The first kappa shape index (κ1) is 34.6. The summed E-state index contributed by atoms with van der Waals surface area (Å²) in [5.74, 6) is -4.95. The molecule has 0 unspecified atom stereocenters. The zero-order valence-corrected chi connectivity index (χ0v) is 23.4. The Morgan fingerprint density at radius 1 is 0.732 bits per heavy atom. The molecule has 1 aliphatic heterocycles. The van der Waals surface area contributed by atoms with Crippen LogP contribution >= 0.6 is 11.8 Å². The highest BCUT2D eigenvalue weighted by Gasteiger charge is 2.27. The van der Waals surface area contributed by atoms with Gasteiger partial charge in [0.25, 0.3) is 0 Å². The monoisotopic (exact) mass is 587 g/mol. The second kappa shape index (κ2) is 18.8. The van der Waals surface area contributed by atoms with Gasteiger partial charge in [0.15, 0.2) is 0 Å². The Hall–Kier alpha value is -4.46. The number of nitrogens with one attached hydrogen (secondary N) is 1. The van der Waals surface area contributed by atoms with E-state index in [1.807, 2.05) is 41.3 Å². The smallest absolute Gasteiger partial charge is 0.328 e. The van der Waals surface area contributed by atoms with Crippen molar-refractivity contribution < 1.29 is 44.4 Å². The van der Waals surface area contributed by atoms with Crippen LogP contribution in [0.15, 0.2) is 82.6 Å². The lowest BCUT2D eigenvalue weighted by atomic mass is 10.2. The van der Waals surface area contributed by atoms with Crippen molar-refractivity contribution in [2.75, 3.05) is 37.6 Å². The standard InChI is InChI=1S/C20H25N3OS.2C4H4O4/c1-3-22(4-2)14-13-21-15-20(24)23-16-9-5-7-11-18(16)25-19-12-8-6-10-17(19)23;2*5-3(6)1-2-4(7)8/h5-12,21H,3-4,13-15H2,1-2H3;2*1-2H,(H,5,6)(H,7,8)/b;2*2-1-. The van der Waals surface area contributed by atoms with E-state index in [0.717, 1.165) is 47.3 Å². The Bertz CT molecular complexity index is 1150. The third-order valence-electron chi connectivity index (χ3n) is 5.19. The van der Waals surface area contributed by atoms with Crippen molar-refractivity contribution in [2.24, 2.45) is 0 Å². The second-order valence-electron chi connectivity index (χ2n) is 7.99. The minimum atomic E-state index is -1.26. The van der Waals surface area contributed by atoms with Crippen molar-refractivity contribution in [1.29, 1.82) is 0 Å². The fourth-order valence-electron chi connectivity index (χ4n) is 3.31. The minimum Gasteiger partial charge on any atom is -0.478 e. The largest absolute Gasteiger partial charge is 0.478 e. The lowest BCUT2D eigenvalue weighted by Crippen LogP contribution is -2.39. The average Bonchev–Trinajstić information content (AvgIpc) is 2.94. The molecule has 12 nitrogen and oxygen atoms in total. The maximum absolute atomic E-state index is 12.9. The van der Waals surface area contributed by atoms with Gasteiger partial charge in [-0.05, 0) is 37.4 Å². The number of nitrogens with zero attached hydrogens (tertiary/aromatic N) is 2. The van der Waals surface area contributed by atoms with Crippen molar-refractivity contribution in [2.45, 2.75) is 23.6 Å². The summed E-state index contributed by atoms with van der Waals surface area (Å²) in [7, 11) is 0. The number of benzene rings is 2. The molecule has 1 aliphatic rings. The Labute approximate surface area is 241 Å². The van der Waals surface area contributed by atoms with Crippen molar-refractivity contribution >= 4 is 52.9 Å². The lowest BCUT2D eigenvalue weighted by Gasteiger charge is -2.31. The van der Waals surface area contributed by atoms with Crippen LogP contribution in [0.5, 0.6) is 0 Å². The number of hydrogen-bond acceptors (Lipinski definition) is 8. The number of fused-ring (bicyclic) bond motifs is 2. The van der Waals surface area contributed by atoms with E-state index in [4.69, 9.17) is 20.4 Å². The van der Waals surface area contributed by atoms with Crippen molar-refractivity contribution in [3.8, 4) is 0 Å². The molecule has 3 rings (SSSR count). The van der Waals surface area contributed by atoms with Crippen molar-refractivity contribution in [1.82, 2.24) is 10.2 Å². The molecule has 0 radical (unpaired) electrons. The molecule has 1 amide bonds. The van der Waals surface area contributed by atoms with Gasteiger partial charge >= 0.3 is 23.9 Å². The van der Waals surface area contributed by atoms with Gasteiger partial charge in [-0.3, -0.25) is 9.69 Å². The van der Waals surface area contributed by atoms with Gasteiger partial charge in [0.05, 0.1) is 17.9 Å². The molecule has 220 valence electrons. The molecular formula is C28H33N3O9S. The molecule has 0 saturated heterocycles. The molecule has 0 spiro atoms. The molecular weight excluding hydrogens is 554 g/mol. The van der Waals surface area contributed by atoms with Gasteiger partial charge in [0, 0.05) is 47.2 Å². The van der Waals surface area contributed by atoms with E-state index in [1.54, 1.807) is 11.8 Å². The molecule has 1 heterocycles. The summed E-state index contributed by atoms with van der Waals surface area (Å²) in [4.78, 5) is 57.6. The van der Waals surface area contributed by atoms with Crippen molar-refractivity contribution in [3.63, 3.8) is 0 Å². The highest BCUT2D eigenvalue weighted by Crippen LogP contribution is 2.47. The number of amides is 1. The van der Waals surface area contributed by atoms with Gasteiger partial charge in [-0.1, -0.05) is 49.9 Å². The van der Waals surface area contributed by atoms with Crippen LogP contribution in [0.1, 0.15) is 13.8 Å². The number of para-hydroxylation sites is 2. The van der Waals surface area contributed by atoms with Crippen LogP contribution in [0.4, 0.5) is 11.4 Å². The molecule has 0 bridgehead atoms. The van der Waals surface area contributed by atoms with E-state index in [1.165, 1.54) is 0 Å². The topological polar surface area (TPSA) is 185 Å². The number of carbonyl (C=O) groups is 5. The van der Waals surface area contributed by atoms with E-state index in [2.05, 4.69) is 36.2 Å². The fraction of sp³-hybridized carbons (Fsp3) is 0.250. The van der Waals surface area contributed by atoms with E-state index < -0.39 is 23.9 Å². The number of rotatable bonds is 11. The quantitative estimate of drug-likeness (QED) is 0.191. The highest BCUT2D eigenvalue weighted by molar-refractivity contribution is 7.99.